The van der Waals surface area contributed by atoms with Crippen LogP contribution in [0, 0.1) is 0 Å². The fraction of sp³-hybridized carbons (Fsp3) is 0.429. The minimum atomic E-state index is -0.0479. The maximum Gasteiger partial charge on any atom is 0.317 e. The van der Waals surface area contributed by atoms with E-state index >= 15 is 0 Å². The smallest absolute Gasteiger partial charge is 0.317 e. The number of piperidine rings is 1. The van der Waals surface area contributed by atoms with Crippen molar-refractivity contribution < 1.29 is 9.59 Å². The number of hydrogen-bond donors (Lipinski definition) is 2. The number of amides is 3. The van der Waals surface area contributed by atoms with Crippen LogP contribution in [0.4, 0.5) is 4.79 Å². The van der Waals surface area contributed by atoms with Crippen LogP contribution in [-0.2, 0) is 0 Å². The van der Waals surface area contributed by atoms with Gasteiger partial charge in [0.15, 0.2) is 0 Å². The zero-order valence-electron chi connectivity index (χ0n) is 16.4. The van der Waals surface area contributed by atoms with E-state index in [4.69, 9.17) is 0 Å². The Labute approximate surface area is 170 Å². The first-order chi connectivity index (χ1) is 13.5. The molecular formula is C21H28N4O2S. The van der Waals surface area contributed by atoms with Gasteiger partial charge in [-0.3, -0.25) is 4.79 Å². The van der Waals surface area contributed by atoms with E-state index in [1.165, 1.54) is 4.88 Å². The predicted octanol–water partition coefficient (Wildman–Crippen LogP) is 2.95. The van der Waals surface area contributed by atoms with E-state index in [0.717, 1.165) is 12.8 Å². The Bertz CT molecular complexity index is 756. The van der Waals surface area contributed by atoms with Crippen LogP contribution in [0.15, 0.2) is 47.8 Å². The molecule has 3 rings (SSSR count). The lowest BCUT2D eigenvalue weighted by atomic mass is 10.0. The summed E-state index contributed by atoms with van der Waals surface area (Å²) in [5.74, 6) is -0.0479. The summed E-state index contributed by atoms with van der Waals surface area (Å²) in [5.41, 5.74) is 0.672. The number of carbonyl (C=O) groups excluding carboxylic acids is 2. The summed E-state index contributed by atoms with van der Waals surface area (Å²) in [6, 6.07) is 13.6. The van der Waals surface area contributed by atoms with Crippen molar-refractivity contribution in [2.75, 3.05) is 33.7 Å². The molecule has 1 aliphatic heterocycles. The normalized spacial score (nSPS) is 16.0. The Kier molecular flexibility index (Phi) is 7.06. The molecule has 6 nitrogen and oxygen atoms in total. The van der Waals surface area contributed by atoms with Gasteiger partial charge in [0, 0.05) is 36.1 Å². The highest BCUT2D eigenvalue weighted by Crippen LogP contribution is 2.22. The van der Waals surface area contributed by atoms with Crippen LogP contribution < -0.4 is 10.6 Å². The molecule has 150 valence electrons. The number of nitrogens with one attached hydrogen (secondary N) is 2. The molecule has 0 spiro atoms. The average Bonchev–Trinajstić information content (AvgIpc) is 3.23. The molecular weight excluding hydrogens is 372 g/mol. The molecule has 7 heteroatoms. The van der Waals surface area contributed by atoms with Crippen molar-refractivity contribution in [2.45, 2.75) is 24.9 Å². The molecule has 28 heavy (non-hydrogen) atoms. The Balaban J connectivity index is 1.44. The Hall–Kier alpha value is -2.38. The molecule has 1 saturated heterocycles. The van der Waals surface area contributed by atoms with Gasteiger partial charge in [-0.2, -0.15) is 0 Å². The number of benzene rings is 1. The number of nitrogens with zero attached hydrogens (tertiary/aromatic N) is 2. The van der Waals surface area contributed by atoms with Gasteiger partial charge < -0.3 is 20.4 Å². The largest absolute Gasteiger partial charge is 0.349 e. The molecule has 2 aromatic rings. The van der Waals surface area contributed by atoms with E-state index in [9.17, 15) is 9.59 Å². The molecule has 1 aliphatic rings. The molecule has 2 N–H and O–H groups in total. The second-order valence-electron chi connectivity index (χ2n) is 7.28. The van der Waals surface area contributed by atoms with E-state index in [-0.39, 0.29) is 24.0 Å². The zero-order chi connectivity index (χ0) is 19.9. The van der Waals surface area contributed by atoms with E-state index in [2.05, 4.69) is 27.0 Å². The van der Waals surface area contributed by atoms with Crippen molar-refractivity contribution in [3.63, 3.8) is 0 Å². The second kappa shape index (κ2) is 9.71. The Morgan fingerprint density at radius 2 is 1.86 bits per heavy atom. The zero-order valence-corrected chi connectivity index (χ0v) is 17.2. The van der Waals surface area contributed by atoms with Crippen molar-refractivity contribution in [3.05, 3.63) is 58.3 Å². The molecule has 1 atom stereocenters. The summed E-state index contributed by atoms with van der Waals surface area (Å²) in [6.45, 7) is 1.88. The molecule has 2 heterocycles. The average molecular weight is 401 g/mol. The summed E-state index contributed by atoms with van der Waals surface area (Å²) in [6.07, 6.45) is 1.54. The van der Waals surface area contributed by atoms with Gasteiger partial charge in [-0.15, -0.1) is 11.3 Å². The molecule has 0 radical (unpaired) electrons. The molecule has 1 unspecified atom stereocenters. The SMILES string of the molecule is CN(C)C(CNC(=O)N1CCC(NC(=O)c2ccccc2)CC1)c1cccs1. The van der Waals surface area contributed by atoms with Crippen LogP contribution >= 0.6 is 11.3 Å². The van der Waals surface area contributed by atoms with Crippen LogP contribution in [0.25, 0.3) is 0 Å². The number of urea groups is 1. The molecule has 0 bridgehead atoms. The molecule has 1 fully saturated rings. The second-order valence-corrected chi connectivity index (χ2v) is 8.26. The van der Waals surface area contributed by atoms with Crippen LogP contribution in [0.3, 0.4) is 0 Å². The number of thiophene rings is 1. The fourth-order valence-corrected chi connectivity index (χ4v) is 4.32. The summed E-state index contributed by atoms with van der Waals surface area (Å²) < 4.78 is 0. The van der Waals surface area contributed by atoms with Gasteiger partial charge in [-0.1, -0.05) is 24.3 Å². The van der Waals surface area contributed by atoms with Crippen molar-refractivity contribution in [1.82, 2.24) is 20.4 Å². The predicted molar refractivity (Wildman–Crippen MR) is 113 cm³/mol. The lowest BCUT2D eigenvalue weighted by Crippen LogP contribution is -2.50. The van der Waals surface area contributed by atoms with E-state index < -0.39 is 0 Å². The highest BCUT2D eigenvalue weighted by molar-refractivity contribution is 7.10. The third-order valence-corrected chi connectivity index (χ3v) is 6.07. The minimum absolute atomic E-state index is 0.0313. The van der Waals surface area contributed by atoms with E-state index in [1.807, 2.05) is 55.4 Å². The minimum Gasteiger partial charge on any atom is -0.349 e. The highest BCUT2D eigenvalue weighted by Gasteiger charge is 2.25. The Morgan fingerprint density at radius 3 is 2.46 bits per heavy atom. The number of likely N-dealkylation sites (tertiary alicyclic amines) is 1. The standard InChI is InChI=1S/C21H28N4O2S/c1-24(2)18(19-9-6-14-28-19)15-22-21(27)25-12-10-17(11-13-25)23-20(26)16-7-4-3-5-8-16/h3-9,14,17-18H,10-13,15H2,1-2H3,(H,22,27)(H,23,26). The molecule has 0 saturated carbocycles. The summed E-state index contributed by atoms with van der Waals surface area (Å²) in [7, 11) is 4.05. The first kappa shape index (κ1) is 20.4. The maximum absolute atomic E-state index is 12.6. The third-order valence-electron chi connectivity index (χ3n) is 5.09. The number of likely N-dealkylation sites (N-methyl/N-ethyl adjacent to an activating group) is 1. The van der Waals surface area contributed by atoms with Crippen molar-refractivity contribution >= 4 is 23.3 Å². The highest BCUT2D eigenvalue weighted by atomic mass is 32.1. The van der Waals surface area contributed by atoms with E-state index in [1.54, 1.807) is 11.3 Å². The van der Waals surface area contributed by atoms with Crippen LogP contribution in [0.1, 0.15) is 34.1 Å². The first-order valence-corrected chi connectivity index (χ1v) is 10.5. The van der Waals surface area contributed by atoms with Crippen LogP contribution in [0.2, 0.25) is 0 Å². The maximum atomic E-state index is 12.6. The summed E-state index contributed by atoms with van der Waals surface area (Å²) >= 11 is 1.70. The lowest BCUT2D eigenvalue weighted by Gasteiger charge is -2.33. The number of carbonyl (C=O) groups is 2. The third kappa shape index (κ3) is 5.33. The number of hydrogen-bond acceptors (Lipinski definition) is 4. The van der Waals surface area contributed by atoms with Gasteiger partial charge >= 0.3 is 6.03 Å². The number of rotatable bonds is 6. The van der Waals surface area contributed by atoms with Gasteiger partial charge in [0.05, 0.1) is 6.04 Å². The lowest BCUT2D eigenvalue weighted by molar-refractivity contribution is 0.0917. The summed E-state index contributed by atoms with van der Waals surface area (Å²) in [5, 5.41) is 8.20. The Morgan fingerprint density at radius 1 is 1.14 bits per heavy atom. The quantitative estimate of drug-likeness (QED) is 0.784. The molecule has 1 aromatic heterocycles. The van der Waals surface area contributed by atoms with Crippen LogP contribution in [0.5, 0.6) is 0 Å². The van der Waals surface area contributed by atoms with Crippen LogP contribution in [-0.4, -0.2) is 61.5 Å². The monoisotopic (exact) mass is 400 g/mol. The van der Waals surface area contributed by atoms with Crippen molar-refractivity contribution in [1.29, 1.82) is 0 Å². The van der Waals surface area contributed by atoms with Crippen molar-refractivity contribution in [2.24, 2.45) is 0 Å². The van der Waals surface area contributed by atoms with Gasteiger partial charge in [-0.25, -0.2) is 4.79 Å². The van der Waals surface area contributed by atoms with Crippen molar-refractivity contribution in [3.8, 4) is 0 Å². The van der Waals surface area contributed by atoms with Gasteiger partial charge in [-0.05, 0) is 50.5 Å². The topological polar surface area (TPSA) is 64.7 Å². The van der Waals surface area contributed by atoms with Gasteiger partial charge in [0.2, 0.25) is 0 Å². The molecule has 3 amide bonds. The summed E-state index contributed by atoms with van der Waals surface area (Å²) in [4.78, 5) is 30.0. The van der Waals surface area contributed by atoms with Gasteiger partial charge in [0.25, 0.3) is 5.91 Å². The fourth-order valence-electron chi connectivity index (χ4n) is 3.40. The molecule has 1 aromatic carbocycles. The first-order valence-electron chi connectivity index (χ1n) is 9.63. The van der Waals surface area contributed by atoms with Gasteiger partial charge in [0.1, 0.15) is 0 Å². The molecule has 0 aliphatic carbocycles. The van der Waals surface area contributed by atoms with E-state index in [0.29, 0.717) is 25.2 Å².